The summed E-state index contributed by atoms with van der Waals surface area (Å²) in [7, 11) is 0. The third-order valence-electron chi connectivity index (χ3n) is 7.25. The lowest BCUT2D eigenvalue weighted by molar-refractivity contribution is -0.00525. The first-order chi connectivity index (χ1) is 13.6. The molecular weight excluding hydrogens is 390 g/mol. The second-order valence-corrected chi connectivity index (χ2v) is 9.43. The molecule has 5 rings (SSSR count). The Labute approximate surface area is 180 Å². The molecule has 1 aromatic rings. The van der Waals surface area contributed by atoms with Gasteiger partial charge < -0.3 is 32.5 Å². The summed E-state index contributed by atoms with van der Waals surface area (Å²) in [6.07, 6.45) is 7.82. The molecule has 4 aliphatic carbocycles. The van der Waals surface area contributed by atoms with Crippen LogP contribution in [0.4, 0.5) is 0 Å². The molecule has 3 N–H and O–H groups in total. The van der Waals surface area contributed by atoms with Gasteiger partial charge in [0.15, 0.2) is 0 Å². The van der Waals surface area contributed by atoms with Gasteiger partial charge >= 0.3 is 0 Å². The first kappa shape index (κ1) is 22.8. The van der Waals surface area contributed by atoms with Gasteiger partial charge in [-0.2, -0.15) is 0 Å². The zero-order chi connectivity index (χ0) is 19.6. The van der Waals surface area contributed by atoms with Gasteiger partial charge in [-0.3, -0.25) is 4.90 Å². The molecule has 0 radical (unpaired) electrons. The molecule has 0 heterocycles. The van der Waals surface area contributed by atoms with Crippen LogP contribution >= 0.6 is 0 Å². The summed E-state index contributed by atoms with van der Waals surface area (Å²) in [5.41, 5.74) is 1.89. The molecule has 29 heavy (non-hydrogen) atoms. The molecule has 0 amide bonds. The Balaban J connectivity index is 0.00000240. The number of benzene rings is 1. The lowest BCUT2D eigenvalue weighted by Crippen LogP contribution is -3.00. The highest BCUT2D eigenvalue weighted by atomic mass is 35.5. The minimum atomic E-state index is -0.652. The molecule has 1 atom stereocenters. The molecule has 0 aromatic heterocycles. The van der Waals surface area contributed by atoms with Gasteiger partial charge in [-0.1, -0.05) is 12.1 Å². The van der Waals surface area contributed by atoms with Gasteiger partial charge in [-0.15, -0.1) is 0 Å². The smallest absolute Gasteiger partial charge is 0.119 e. The Morgan fingerprint density at radius 3 is 1.93 bits per heavy atom. The maximum absolute atomic E-state index is 10.2. The Kier molecular flexibility index (Phi) is 7.85. The second-order valence-electron chi connectivity index (χ2n) is 9.43. The number of aliphatic hydroxyl groups excluding tert-OH is 3. The summed E-state index contributed by atoms with van der Waals surface area (Å²) in [4.78, 5) is 1.84. The van der Waals surface area contributed by atoms with Gasteiger partial charge in [-0.05, 0) is 79.4 Å². The Morgan fingerprint density at radius 2 is 1.45 bits per heavy atom. The van der Waals surface area contributed by atoms with Crippen LogP contribution in [0.15, 0.2) is 24.3 Å². The minimum Gasteiger partial charge on any atom is -1.00 e. The summed E-state index contributed by atoms with van der Waals surface area (Å²) in [5, 5.41) is 28.3. The van der Waals surface area contributed by atoms with E-state index >= 15 is 0 Å². The van der Waals surface area contributed by atoms with Crippen LogP contribution in [0, 0.1) is 17.8 Å². The highest BCUT2D eigenvalue weighted by Gasteiger charge is 2.51. The maximum Gasteiger partial charge on any atom is 0.119 e. The summed E-state index contributed by atoms with van der Waals surface area (Å²) in [5.74, 6) is 3.62. The predicted octanol–water partition coefficient (Wildman–Crippen LogP) is -0.815. The Bertz CT molecular complexity index is 597. The van der Waals surface area contributed by atoms with E-state index in [1.807, 2.05) is 4.90 Å². The van der Waals surface area contributed by atoms with Crippen molar-refractivity contribution in [2.75, 3.05) is 39.5 Å². The lowest BCUT2D eigenvalue weighted by Gasteiger charge is -2.57. The molecule has 1 unspecified atom stereocenters. The van der Waals surface area contributed by atoms with E-state index in [1.54, 1.807) is 0 Å². The van der Waals surface area contributed by atoms with E-state index in [2.05, 4.69) is 24.3 Å². The van der Waals surface area contributed by atoms with E-state index in [0.717, 1.165) is 23.5 Å². The molecule has 4 fully saturated rings. The van der Waals surface area contributed by atoms with Crippen LogP contribution in [0.25, 0.3) is 0 Å². The maximum atomic E-state index is 10.2. The number of hydrogen-bond acceptors (Lipinski definition) is 5. The van der Waals surface area contributed by atoms with Gasteiger partial charge in [-0.25, -0.2) is 0 Å². The highest BCUT2D eigenvalue weighted by molar-refractivity contribution is 5.34. The summed E-state index contributed by atoms with van der Waals surface area (Å²) >= 11 is 0. The number of hydrogen-bond donors (Lipinski definition) is 3. The fraction of sp³-hybridized carbons (Fsp3) is 0.739. The lowest BCUT2D eigenvalue weighted by atomic mass is 9.48. The van der Waals surface area contributed by atoms with E-state index in [1.165, 1.54) is 44.1 Å². The summed E-state index contributed by atoms with van der Waals surface area (Å²) in [6, 6.07) is 8.61. The van der Waals surface area contributed by atoms with Crippen LogP contribution in [-0.4, -0.2) is 65.8 Å². The minimum absolute atomic E-state index is 0. The van der Waals surface area contributed by atoms with Crippen LogP contribution in [0.3, 0.4) is 0 Å². The van der Waals surface area contributed by atoms with Crippen molar-refractivity contribution in [3.05, 3.63) is 29.8 Å². The summed E-state index contributed by atoms with van der Waals surface area (Å²) < 4.78 is 5.80. The van der Waals surface area contributed by atoms with Crippen LogP contribution in [0.1, 0.15) is 44.1 Å². The number of ether oxygens (including phenoxy) is 1. The first-order valence-electron chi connectivity index (χ1n) is 11.0. The molecule has 5 nitrogen and oxygen atoms in total. The molecule has 164 valence electrons. The molecule has 4 saturated carbocycles. The van der Waals surface area contributed by atoms with Gasteiger partial charge in [0.2, 0.25) is 0 Å². The van der Waals surface area contributed by atoms with Gasteiger partial charge in [0.25, 0.3) is 0 Å². The number of aliphatic hydroxyl groups is 3. The van der Waals surface area contributed by atoms with Gasteiger partial charge in [0, 0.05) is 19.6 Å². The van der Waals surface area contributed by atoms with Crippen molar-refractivity contribution in [2.45, 2.75) is 50.0 Å². The average molecular weight is 425 g/mol. The molecular formula is C23H35ClNO4-. The van der Waals surface area contributed by atoms with Crippen LogP contribution < -0.4 is 17.1 Å². The van der Waals surface area contributed by atoms with Crippen molar-refractivity contribution in [1.82, 2.24) is 4.90 Å². The van der Waals surface area contributed by atoms with Crippen molar-refractivity contribution < 1.29 is 32.5 Å². The van der Waals surface area contributed by atoms with Crippen molar-refractivity contribution in [2.24, 2.45) is 17.8 Å². The number of rotatable bonds is 10. The van der Waals surface area contributed by atoms with Crippen LogP contribution in [0.5, 0.6) is 5.75 Å². The van der Waals surface area contributed by atoms with E-state index in [0.29, 0.717) is 25.0 Å². The van der Waals surface area contributed by atoms with E-state index < -0.39 is 6.10 Å². The third kappa shape index (κ3) is 5.26. The molecule has 1 aromatic carbocycles. The van der Waals surface area contributed by atoms with Crippen molar-refractivity contribution in [3.8, 4) is 5.75 Å². The quantitative estimate of drug-likeness (QED) is 0.458. The second kappa shape index (κ2) is 9.97. The molecule has 4 bridgehead atoms. The zero-order valence-corrected chi connectivity index (χ0v) is 17.9. The normalized spacial score (nSPS) is 31.0. The number of nitrogens with zero attached hydrogens (tertiary/aromatic N) is 1. The fourth-order valence-electron chi connectivity index (χ4n) is 6.49. The Morgan fingerprint density at radius 1 is 0.931 bits per heavy atom. The number of halogens is 1. The SMILES string of the molecule is OCCN(CCO)CC(O)COc1ccc(C23CC4CC(CC(C4)C2)C3)cc1.[Cl-]. The highest BCUT2D eigenvalue weighted by Crippen LogP contribution is 2.60. The molecule has 6 heteroatoms. The molecule has 4 aliphatic rings. The standard InChI is InChI=1S/C23H35NO4.ClH/c25-7-5-24(6-8-26)15-21(27)16-28-22-3-1-20(2-4-22)23-12-17-9-18(13-23)11-19(10-17)14-23;/h1-4,17-19,21,25-27H,5-16H2;1H/p-1. The molecule has 0 spiro atoms. The first-order valence-corrected chi connectivity index (χ1v) is 11.0. The van der Waals surface area contributed by atoms with Gasteiger partial charge in [0.1, 0.15) is 18.5 Å². The van der Waals surface area contributed by atoms with E-state index in [9.17, 15) is 5.11 Å². The fourth-order valence-corrected chi connectivity index (χ4v) is 6.49. The largest absolute Gasteiger partial charge is 1.00 e. The van der Waals surface area contributed by atoms with Crippen LogP contribution in [-0.2, 0) is 5.41 Å². The van der Waals surface area contributed by atoms with Crippen molar-refractivity contribution >= 4 is 0 Å². The van der Waals surface area contributed by atoms with Crippen molar-refractivity contribution in [3.63, 3.8) is 0 Å². The van der Waals surface area contributed by atoms with Gasteiger partial charge in [0.05, 0.1) is 13.2 Å². The predicted molar refractivity (Wildman–Crippen MR) is 108 cm³/mol. The zero-order valence-electron chi connectivity index (χ0n) is 17.2. The monoisotopic (exact) mass is 424 g/mol. The van der Waals surface area contributed by atoms with E-state index in [-0.39, 0.29) is 32.2 Å². The Hall–Kier alpha value is -0.850. The summed E-state index contributed by atoms with van der Waals surface area (Å²) in [6.45, 7) is 1.50. The van der Waals surface area contributed by atoms with E-state index in [4.69, 9.17) is 14.9 Å². The molecule has 0 aliphatic heterocycles. The van der Waals surface area contributed by atoms with Crippen molar-refractivity contribution in [1.29, 1.82) is 0 Å². The topological polar surface area (TPSA) is 73.2 Å². The van der Waals surface area contributed by atoms with Crippen LogP contribution in [0.2, 0.25) is 0 Å². The average Bonchev–Trinajstić information content (AvgIpc) is 2.66. The molecule has 0 saturated heterocycles. The third-order valence-corrected chi connectivity index (χ3v) is 7.25.